The number of fused-ring (bicyclic) bond motifs is 1. The minimum absolute atomic E-state index is 0.645. The average Bonchev–Trinajstić information content (AvgIpc) is 2.46. The van der Waals surface area contributed by atoms with Gasteiger partial charge in [0, 0.05) is 31.4 Å². The number of nitrogens with zero attached hydrogens (tertiary/aromatic N) is 4. The van der Waals surface area contributed by atoms with E-state index in [0.717, 1.165) is 42.3 Å². The van der Waals surface area contributed by atoms with E-state index in [1.807, 2.05) is 19.9 Å². The molecular weight excluding hydrogens is 248 g/mol. The minimum atomic E-state index is 0.645. The first-order chi connectivity index (χ1) is 9.69. The fourth-order valence-electron chi connectivity index (χ4n) is 3.53. The van der Waals surface area contributed by atoms with Crippen molar-refractivity contribution >= 4 is 5.82 Å². The first kappa shape index (κ1) is 13.4. The molecule has 0 N–H and O–H groups in total. The number of piperazine rings is 1. The highest BCUT2D eigenvalue weighted by Gasteiger charge is 2.30. The summed E-state index contributed by atoms with van der Waals surface area (Å²) in [4.78, 5) is 9.58. The predicted molar refractivity (Wildman–Crippen MR) is 79.9 cm³/mol. The molecule has 1 aromatic heterocycles. The Morgan fingerprint density at radius 2 is 2.10 bits per heavy atom. The molecule has 1 aromatic rings. The summed E-state index contributed by atoms with van der Waals surface area (Å²) in [7, 11) is 0. The van der Waals surface area contributed by atoms with Crippen LogP contribution < -0.4 is 4.90 Å². The summed E-state index contributed by atoms with van der Waals surface area (Å²) in [5.74, 6) is 0.898. The molecule has 0 aromatic carbocycles. The van der Waals surface area contributed by atoms with Gasteiger partial charge in [0.05, 0.1) is 5.56 Å². The highest BCUT2D eigenvalue weighted by atomic mass is 15.3. The molecular formula is C16H22N4. The second-order valence-corrected chi connectivity index (χ2v) is 6.02. The number of hydrogen-bond acceptors (Lipinski definition) is 4. The molecule has 0 amide bonds. The van der Waals surface area contributed by atoms with Gasteiger partial charge in [0.2, 0.25) is 0 Å². The lowest BCUT2D eigenvalue weighted by Crippen LogP contribution is -2.55. The number of aromatic nitrogens is 1. The maximum absolute atomic E-state index is 9.43. The van der Waals surface area contributed by atoms with E-state index in [0.29, 0.717) is 6.04 Å². The maximum Gasteiger partial charge on any atom is 0.147 e. The van der Waals surface area contributed by atoms with E-state index < -0.39 is 0 Å². The Morgan fingerprint density at radius 3 is 2.90 bits per heavy atom. The molecule has 0 spiro atoms. The standard InChI is InChI=1S/C16H22N4/c1-12-9-13(2)18-16(15(12)10-17)20-8-7-19-6-4-3-5-14(19)11-20/h9,14H,3-8,11H2,1-2H3/t14-/m1/s1. The van der Waals surface area contributed by atoms with E-state index >= 15 is 0 Å². The predicted octanol–water partition coefficient (Wildman–Crippen LogP) is 2.24. The molecule has 2 aliphatic heterocycles. The second kappa shape index (κ2) is 5.41. The molecule has 0 unspecified atom stereocenters. The van der Waals surface area contributed by atoms with Gasteiger partial charge in [0.25, 0.3) is 0 Å². The molecule has 0 saturated carbocycles. The van der Waals surface area contributed by atoms with Crippen molar-refractivity contribution in [2.45, 2.75) is 39.2 Å². The number of anilines is 1. The zero-order valence-electron chi connectivity index (χ0n) is 12.4. The monoisotopic (exact) mass is 270 g/mol. The van der Waals surface area contributed by atoms with Gasteiger partial charge in [-0.3, -0.25) is 4.90 Å². The van der Waals surface area contributed by atoms with Crippen molar-refractivity contribution in [2.75, 3.05) is 31.1 Å². The van der Waals surface area contributed by atoms with Crippen molar-refractivity contribution in [1.82, 2.24) is 9.88 Å². The van der Waals surface area contributed by atoms with Gasteiger partial charge in [-0.05, 0) is 44.9 Å². The molecule has 2 fully saturated rings. The van der Waals surface area contributed by atoms with Crippen molar-refractivity contribution in [3.63, 3.8) is 0 Å². The first-order valence-electron chi connectivity index (χ1n) is 7.56. The number of aryl methyl sites for hydroxylation is 2. The largest absolute Gasteiger partial charge is 0.353 e. The van der Waals surface area contributed by atoms with E-state index in [4.69, 9.17) is 0 Å². The van der Waals surface area contributed by atoms with Crippen LogP contribution in [0.15, 0.2) is 6.07 Å². The van der Waals surface area contributed by atoms with Crippen molar-refractivity contribution in [1.29, 1.82) is 5.26 Å². The summed E-state index contributed by atoms with van der Waals surface area (Å²) in [6.07, 6.45) is 3.95. The summed E-state index contributed by atoms with van der Waals surface area (Å²) in [5.41, 5.74) is 2.79. The molecule has 4 heteroatoms. The molecule has 4 nitrogen and oxygen atoms in total. The van der Waals surface area contributed by atoms with Crippen LogP contribution in [-0.2, 0) is 0 Å². The first-order valence-corrected chi connectivity index (χ1v) is 7.56. The molecule has 2 aliphatic rings. The summed E-state index contributed by atoms with van der Waals surface area (Å²) < 4.78 is 0. The zero-order valence-corrected chi connectivity index (χ0v) is 12.4. The van der Waals surface area contributed by atoms with Crippen LogP contribution in [0.3, 0.4) is 0 Å². The Balaban J connectivity index is 1.88. The lowest BCUT2D eigenvalue weighted by Gasteiger charge is -2.44. The second-order valence-electron chi connectivity index (χ2n) is 6.02. The molecule has 1 atom stereocenters. The topological polar surface area (TPSA) is 43.2 Å². The van der Waals surface area contributed by atoms with E-state index in [1.165, 1.54) is 25.8 Å². The highest BCUT2D eigenvalue weighted by Crippen LogP contribution is 2.27. The van der Waals surface area contributed by atoms with Gasteiger partial charge in [-0.2, -0.15) is 5.26 Å². The quantitative estimate of drug-likeness (QED) is 0.785. The van der Waals surface area contributed by atoms with Gasteiger partial charge < -0.3 is 4.90 Å². The van der Waals surface area contributed by atoms with Crippen LogP contribution in [0.4, 0.5) is 5.82 Å². The highest BCUT2D eigenvalue weighted by molar-refractivity contribution is 5.58. The van der Waals surface area contributed by atoms with Gasteiger partial charge >= 0.3 is 0 Å². The Bertz CT molecular complexity index is 546. The van der Waals surface area contributed by atoms with Crippen LogP contribution in [0.2, 0.25) is 0 Å². The van der Waals surface area contributed by atoms with E-state index in [2.05, 4.69) is 20.9 Å². The zero-order chi connectivity index (χ0) is 14.1. The number of hydrogen-bond donors (Lipinski definition) is 0. The summed E-state index contributed by atoms with van der Waals surface area (Å²) >= 11 is 0. The van der Waals surface area contributed by atoms with Gasteiger partial charge in [0.1, 0.15) is 11.9 Å². The van der Waals surface area contributed by atoms with Crippen LogP contribution >= 0.6 is 0 Å². The number of nitriles is 1. The van der Waals surface area contributed by atoms with Crippen molar-refractivity contribution < 1.29 is 0 Å². The van der Waals surface area contributed by atoms with Gasteiger partial charge in [-0.1, -0.05) is 6.42 Å². The third kappa shape index (κ3) is 2.38. The van der Waals surface area contributed by atoms with Crippen molar-refractivity contribution in [3.05, 3.63) is 22.9 Å². The Morgan fingerprint density at radius 1 is 1.25 bits per heavy atom. The lowest BCUT2D eigenvalue weighted by molar-refractivity contribution is 0.133. The molecule has 0 aliphatic carbocycles. The number of piperidine rings is 1. The smallest absolute Gasteiger partial charge is 0.147 e. The Kier molecular flexibility index (Phi) is 3.62. The summed E-state index contributed by atoms with van der Waals surface area (Å²) in [5, 5.41) is 9.43. The van der Waals surface area contributed by atoms with Gasteiger partial charge in [-0.15, -0.1) is 0 Å². The molecule has 106 valence electrons. The molecule has 3 rings (SSSR count). The molecule has 0 bridgehead atoms. The normalized spacial score (nSPS) is 23.2. The maximum atomic E-state index is 9.43. The summed E-state index contributed by atoms with van der Waals surface area (Å²) in [6.45, 7) is 8.36. The third-order valence-corrected chi connectivity index (χ3v) is 4.57. The fourth-order valence-corrected chi connectivity index (χ4v) is 3.53. The average molecular weight is 270 g/mol. The van der Waals surface area contributed by atoms with Gasteiger partial charge in [-0.25, -0.2) is 4.98 Å². The molecule has 20 heavy (non-hydrogen) atoms. The van der Waals surface area contributed by atoms with Crippen molar-refractivity contribution in [3.8, 4) is 6.07 Å². The van der Waals surface area contributed by atoms with E-state index in [-0.39, 0.29) is 0 Å². The number of pyridine rings is 1. The molecule has 0 radical (unpaired) electrons. The van der Waals surface area contributed by atoms with E-state index in [9.17, 15) is 5.26 Å². The minimum Gasteiger partial charge on any atom is -0.353 e. The van der Waals surface area contributed by atoms with Crippen molar-refractivity contribution in [2.24, 2.45) is 0 Å². The van der Waals surface area contributed by atoms with Crippen LogP contribution in [0.25, 0.3) is 0 Å². The fraction of sp³-hybridized carbons (Fsp3) is 0.625. The van der Waals surface area contributed by atoms with Gasteiger partial charge in [0.15, 0.2) is 0 Å². The Labute approximate surface area is 121 Å². The molecule has 2 saturated heterocycles. The molecule has 3 heterocycles. The third-order valence-electron chi connectivity index (χ3n) is 4.57. The van der Waals surface area contributed by atoms with Crippen LogP contribution in [0, 0.1) is 25.2 Å². The van der Waals surface area contributed by atoms with E-state index in [1.54, 1.807) is 0 Å². The lowest BCUT2D eigenvalue weighted by atomic mass is 9.99. The SMILES string of the molecule is Cc1cc(C)c(C#N)c(N2CCN3CCCC[C@@H]3C2)n1. The van der Waals surface area contributed by atoms with Crippen LogP contribution in [0.5, 0.6) is 0 Å². The summed E-state index contributed by atoms with van der Waals surface area (Å²) in [6, 6.07) is 4.99. The number of rotatable bonds is 1. The Hall–Kier alpha value is -1.60. The van der Waals surface area contributed by atoms with Crippen LogP contribution in [-0.4, -0.2) is 42.1 Å². The van der Waals surface area contributed by atoms with Crippen LogP contribution in [0.1, 0.15) is 36.1 Å².